The van der Waals surface area contributed by atoms with Crippen molar-refractivity contribution in [1.82, 2.24) is 0 Å². The van der Waals surface area contributed by atoms with Crippen molar-refractivity contribution in [1.29, 1.82) is 0 Å². The monoisotopic (exact) mass is 451 g/mol. The molecule has 7 heteroatoms. The molecule has 0 spiro atoms. The summed E-state index contributed by atoms with van der Waals surface area (Å²) in [5, 5.41) is 11.6. The molecule has 0 bridgehead atoms. The summed E-state index contributed by atoms with van der Waals surface area (Å²) >= 11 is 6.13. The second-order valence-electron chi connectivity index (χ2n) is 7.48. The number of furan rings is 1. The molecule has 1 N–H and O–H groups in total. The van der Waals surface area contributed by atoms with E-state index >= 15 is 0 Å². The van der Waals surface area contributed by atoms with Gasteiger partial charge in [0.2, 0.25) is 0 Å². The van der Waals surface area contributed by atoms with E-state index in [1.807, 2.05) is 19.1 Å². The topological polar surface area (TPSA) is 80.0 Å². The van der Waals surface area contributed by atoms with Crippen LogP contribution in [0.1, 0.15) is 35.6 Å². The van der Waals surface area contributed by atoms with Crippen molar-refractivity contribution in [2.45, 2.75) is 26.3 Å². The predicted molar refractivity (Wildman–Crippen MR) is 122 cm³/mol. The highest BCUT2D eigenvalue weighted by atomic mass is 35.5. The summed E-state index contributed by atoms with van der Waals surface area (Å²) in [6.45, 7) is 3.80. The van der Waals surface area contributed by atoms with Crippen LogP contribution in [0.25, 0.3) is 5.76 Å². The Bertz CT molecular complexity index is 1230. The summed E-state index contributed by atoms with van der Waals surface area (Å²) in [6, 6.07) is 14.6. The molecule has 2 heterocycles. The van der Waals surface area contributed by atoms with Gasteiger partial charge in [0.25, 0.3) is 11.7 Å². The van der Waals surface area contributed by atoms with Crippen LogP contribution in [0.4, 0.5) is 5.69 Å². The lowest BCUT2D eigenvalue weighted by Crippen LogP contribution is -2.29. The number of anilines is 1. The lowest BCUT2D eigenvalue weighted by atomic mass is 9.98. The Morgan fingerprint density at radius 2 is 1.84 bits per heavy atom. The first-order chi connectivity index (χ1) is 15.3. The minimum atomic E-state index is -0.945. The van der Waals surface area contributed by atoms with Crippen LogP contribution in [0.3, 0.4) is 0 Å². The number of carbonyl (C=O) groups is 2. The highest BCUT2D eigenvalue weighted by molar-refractivity contribution is 6.51. The van der Waals surface area contributed by atoms with Crippen LogP contribution in [-0.4, -0.2) is 23.9 Å². The van der Waals surface area contributed by atoms with Crippen LogP contribution >= 0.6 is 11.6 Å². The maximum Gasteiger partial charge on any atom is 0.300 e. The van der Waals surface area contributed by atoms with Crippen LogP contribution in [0, 0.1) is 6.92 Å². The van der Waals surface area contributed by atoms with Gasteiger partial charge in [-0.15, -0.1) is 0 Å². The summed E-state index contributed by atoms with van der Waals surface area (Å²) in [7, 11) is 1.45. The molecule has 32 heavy (non-hydrogen) atoms. The zero-order chi connectivity index (χ0) is 23.0. The second-order valence-corrected chi connectivity index (χ2v) is 7.92. The number of ether oxygens (including phenoxy) is 1. The van der Waals surface area contributed by atoms with Crippen LogP contribution in [0.2, 0.25) is 5.02 Å². The quantitative estimate of drug-likeness (QED) is 0.317. The minimum Gasteiger partial charge on any atom is -0.507 e. The van der Waals surface area contributed by atoms with E-state index in [0.29, 0.717) is 28.0 Å². The van der Waals surface area contributed by atoms with Gasteiger partial charge >= 0.3 is 0 Å². The van der Waals surface area contributed by atoms with Gasteiger partial charge in [0.15, 0.2) is 0 Å². The van der Waals surface area contributed by atoms with Crippen molar-refractivity contribution in [3.05, 3.63) is 87.8 Å². The van der Waals surface area contributed by atoms with E-state index in [0.717, 1.165) is 12.0 Å². The van der Waals surface area contributed by atoms with Crippen LogP contribution < -0.4 is 9.64 Å². The number of methoxy groups -OCH3 is 1. The SMILES string of the molecule is CCc1ccc(N2C(=O)C(=O)/C(=C(/O)c3cc(Cl)ccc3OC)C2c2ccc(C)o2)cc1. The van der Waals surface area contributed by atoms with Gasteiger partial charge in [-0.25, -0.2) is 0 Å². The number of Topliss-reactive ketones (excluding diaryl/α,β-unsaturated/α-hetero) is 1. The number of aliphatic hydroxyl groups is 1. The molecule has 164 valence electrons. The number of amides is 1. The van der Waals surface area contributed by atoms with E-state index in [1.54, 1.807) is 43.3 Å². The molecule has 1 saturated heterocycles. The molecule has 1 fully saturated rings. The van der Waals surface area contributed by atoms with Gasteiger partial charge in [-0.2, -0.15) is 0 Å². The molecule has 1 aliphatic heterocycles. The fourth-order valence-corrected chi connectivity index (χ4v) is 4.04. The summed E-state index contributed by atoms with van der Waals surface area (Å²) in [6.07, 6.45) is 0.842. The molecule has 1 amide bonds. The minimum absolute atomic E-state index is 0.0931. The molecule has 1 unspecified atom stereocenters. The molecule has 3 aromatic rings. The lowest BCUT2D eigenvalue weighted by Gasteiger charge is -2.23. The van der Waals surface area contributed by atoms with Gasteiger partial charge in [0.05, 0.1) is 18.2 Å². The van der Waals surface area contributed by atoms with Gasteiger partial charge < -0.3 is 14.3 Å². The Kier molecular flexibility index (Phi) is 5.80. The van der Waals surface area contributed by atoms with E-state index < -0.39 is 17.7 Å². The Balaban J connectivity index is 1.95. The fourth-order valence-electron chi connectivity index (χ4n) is 3.87. The van der Waals surface area contributed by atoms with Gasteiger partial charge in [-0.05, 0) is 61.4 Å². The van der Waals surface area contributed by atoms with Crippen molar-refractivity contribution >= 4 is 34.7 Å². The molecule has 6 nitrogen and oxygen atoms in total. The van der Waals surface area contributed by atoms with Crippen LogP contribution in [0.15, 0.2) is 64.6 Å². The first kappa shape index (κ1) is 21.7. The van der Waals surface area contributed by atoms with Crippen molar-refractivity contribution in [3.8, 4) is 5.75 Å². The fraction of sp³-hybridized carbons (Fsp3) is 0.200. The van der Waals surface area contributed by atoms with Crippen molar-refractivity contribution < 1.29 is 23.8 Å². The Labute approximate surface area is 190 Å². The molecule has 0 radical (unpaired) electrons. The predicted octanol–water partition coefficient (Wildman–Crippen LogP) is 5.44. The number of benzene rings is 2. The molecule has 1 aliphatic rings. The van der Waals surface area contributed by atoms with Gasteiger partial charge in [0.1, 0.15) is 29.1 Å². The smallest absolute Gasteiger partial charge is 0.300 e. The van der Waals surface area contributed by atoms with Crippen LogP contribution in [-0.2, 0) is 16.0 Å². The van der Waals surface area contributed by atoms with Crippen molar-refractivity contribution in [3.63, 3.8) is 0 Å². The zero-order valence-corrected chi connectivity index (χ0v) is 18.6. The van der Waals surface area contributed by atoms with Crippen molar-refractivity contribution in [2.24, 2.45) is 0 Å². The molecule has 0 saturated carbocycles. The largest absolute Gasteiger partial charge is 0.507 e. The Morgan fingerprint density at radius 3 is 2.44 bits per heavy atom. The number of aryl methyl sites for hydroxylation is 2. The first-order valence-electron chi connectivity index (χ1n) is 10.2. The number of aliphatic hydroxyl groups excluding tert-OH is 1. The molecule has 4 rings (SSSR count). The third kappa shape index (κ3) is 3.67. The van der Waals surface area contributed by atoms with E-state index in [9.17, 15) is 14.7 Å². The zero-order valence-electron chi connectivity index (χ0n) is 17.9. The standard InChI is InChI=1S/C25H22ClNO5/c1-4-15-6-9-17(10-7-15)27-22(20-11-5-14(2)32-20)21(24(29)25(27)30)23(28)18-13-16(26)8-12-19(18)31-3/h5-13,22,28H,4H2,1-3H3/b23-21+. The van der Waals surface area contributed by atoms with E-state index in [1.165, 1.54) is 18.1 Å². The van der Waals surface area contributed by atoms with Gasteiger partial charge in [0, 0.05) is 10.7 Å². The number of carbonyl (C=O) groups excluding carboxylic acids is 2. The lowest BCUT2D eigenvalue weighted by molar-refractivity contribution is -0.132. The first-order valence-corrected chi connectivity index (χ1v) is 10.5. The highest BCUT2D eigenvalue weighted by Gasteiger charge is 2.48. The van der Waals surface area contributed by atoms with Crippen molar-refractivity contribution in [2.75, 3.05) is 12.0 Å². The third-order valence-corrected chi connectivity index (χ3v) is 5.75. The summed E-state index contributed by atoms with van der Waals surface area (Å²) < 4.78 is 11.1. The average molecular weight is 452 g/mol. The maximum absolute atomic E-state index is 13.2. The molecular formula is C25H22ClNO5. The van der Waals surface area contributed by atoms with E-state index in [4.69, 9.17) is 20.8 Å². The summed E-state index contributed by atoms with van der Waals surface area (Å²) in [4.78, 5) is 27.7. The second kappa shape index (κ2) is 8.55. The number of rotatable bonds is 5. The van der Waals surface area contributed by atoms with Gasteiger partial charge in [-0.3, -0.25) is 14.5 Å². The molecular weight excluding hydrogens is 430 g/mol. The van der Waals surface area contributed by atoms with E-state index in [2.05, 4.69) is 0 Å². The molecule has 1 atom stereocenters. The summed E-state index contributed by atoms with van der Waals surface area (Å²) in [5.74, 6) is -0.649. The van der Waals surface area contributed by atoms with Crippen LogP contribution in [0.5, 0.6) is 5.75 Å². The van der Waals surface area contributed by atoms with E-state index in [-0.39, 0.29) is 16.9 Å². The number of hydrogen-bond acceptors (Lipinski definition) is 5. The number of ketones is 1. The molecule has 1 aromatic heterocycles. The Morgan fingerprint density at radius 1 is 1.12 bits per heavy atom. The third-order valence-electron chi connectivity index (χ3n) is 5.51. The molecule has 0 aliphatic carbocycles. The average Bonchev–Trinajstić information content (AvgIpc) is 3.34. The normalized spacial score (nSPS) is 17.8. The highest BCUT2D eigenvalue weighted by Crippen LogP contribution is 2.44. The summed E-state index contributed by atoms with van der Waals surface area (Å²) in [5.41, 5.74) is 1.75. The number of halogens is 1. The number of nitrogens with zero attached hydrogens (tertiary/aromatic N) is 1. The Hall–Kier alpha value is -3.51. The molecule has 2 aromatic carbocycles. The maximum atomic E-state index is 13.2. The van der Waals surface area contributed by atoms with Gasteiger partial charge in [-0.1, -0.05) is 30.7 Å². The number of hydrogen-bond donors (Lipinski definition) is 1.